The average Bonchev–Trinajstić information content (AvgIpc) is 3.07. The van der Waals surface area contributed by atoms with Crippen molar-refractivity contribution in [3.05, 3.63) is 40.2 Å². The van der Waals surface area contributed by atoms with E-state index < -0.39 is 5.60 Å². The van der Waals surface area contributed by atoms with Crippen molar-refractivity contribution in [3.63, 3.8) is 0 Å². The number of phenols is 1. The summed E-state index contributed by atoms with van der Waals surface area (Å²) in [7, 11) is 3.71. The van der Waals surface area contributed by atoms with E-state index in [0.29, 0.717) is 25.1 Å². The van der Waals surface area contributed by atoms with Crippen molar-refractivity contribution >= 4 is 5.91 Å². The number of aromatic nitrogens is 2. The first-order valence-corrected chi connectivity index (χ1v) is 9.37. The average molecular weight is 371 g/mol. The van der Waals surface area contributed by atoms with Crippen LogP contribution in [-0.4, -0.2) is 44.9 Å². The highest BCUT2D eigenvalue weighted by Gasteiger charge is 2.42. The Kier molecular flexibility index (Phi) is 4.93. The Morgan fingerprint density at radius 2 is 2.04 bits per heavy atom. The molecule has 1 aromatic heterocycles. The standard InChI is InChI=1S/C21H29N3O3/c1-13-14(2)19-17(15(3)18(13)25)7-9-21(4,27-19)20(26)23(5)10-8-16-11-22-24(6)12-16/h11-12,25H,7-10H2,1-6H3. The number of likely N-dealkylation sites (N-methyl/N-ethyl adjacent to an activating group) is 1. The second kappa shape index (κ2) is 6.91. The van der Waals surface area contributed by atoms with E-state index >= 15 is 0 Å². The molecule has 2 aromatic rings. The number of carbonyl (C=O) groups excluding carboxylic acids is 1. The highest BCUT2D eigenvalue weighted by molar-refractivity contribution is 5.85. The van der Waals surface area contributed by atoms with Gasteiger partial charge in [0, 0.05) is 38.8 Å². The third kappa shape index (κ3) is 3.40. The molecule has 146 valence electrons. The lowest BCUT2D eigenvalue weighted by atomic mass is 9.86. The molecule has 0 saturated heterocycles. The Bertz CT molecular complexity index is 887. The number of hydrogen-bond donors (Lipinski definition) is 1. The number of ether oxygens (including phenoxy) is 1. The van der Waals surface area contributed by atoms with Crippen LogP contribution < -0.4 is 4.74 Å². The number of hydrogen-bond acceptors (Lipinski definition) is 4. The number of rotatable bonds is 4. The zero-order valence-electron chi connectivity index (χ0n) is 17.1. The summed E-state index contributed by atoms with van der Waals surface area (Å²) < 4.78 is 8.05. The van der Waals surface area contributed by atoms with Gasteiger partial charge in [-0.3, -0.25) is 9.48 Å². The molecule has 0 spiro atoms. The number of nitrogens with zero attached hydrogens (tertiary/aromatic N) is 3. The summed E-state index contributed by atoms with van der Waals surface area (Å²) >= 11 is 0. The largest absolute Gasteiger partial charge is 0.507 e. The molecule has 0 bridgehead atoms. The summed E-state index contributed by atoms with van der Waals surface area (Å²) in [5.41, 5.74) is 3.80. The van der Waals surface area contributed by atoms with Crippen molar-refractivity contribution < 1.29 is 14.6 Å². The fourth-order valence-electron chi connectivity index (χ4n) is 3.80. The first kappa shape index (κ1) is 19.3. The Hall–Kier alpha value is -2.50. The lowest BCUT2D eigenvalue weighted by Gasteiger charge is -2.38. The van der Waals surface area contributed by atoms with E-state index in [9.17, 15) is 9.90 Å². The number of fused-ring (bicyclic) bond motifs is 1. The van der Waals surface area contributed by atoms with Gasteiger partial charge in [0.05, 0.1) is 6.20 Å². The fourth-order valence-corrected chi connectivity index (χ4v) is 3.80. The van der Waals surface area contributed by atoms with Crippen LogP contribution in [0.25, 0.3) is 0 Å². The van der Waals surface area contributed by atoms with Gasteiger partial charge in [-0.25, -0.2) is 0 Å². The number of carbonyl (C=O) groups is 1. The number of aromatic hydroxyl groups is 1. The van der Waals surface area contributed by atoms with Crippen LogP contribution in [0.3, 0.4) is 0 Å². The van der Waals surface area contributed by atoms with Gasteiger partial charge in [0.2, 0.25) is 0 Å². The lowest BCUT2D eigenvalue weighted by molar-refractivity contribution is -0.146. The summed E-state index contributed by atoms with van der Waals surface area (Å²) in [4.78, 5) is 14.9. The normalized spacial score (nSPS) is 18.7. The van der Waals surface area contributed by atoms with Gasteiger partial charge in [0.15, 0.2) is 5.60 Å². The number of phenolic OH excluding ortho intramolecular Hbond substituents is 1. The molecule has 2 heterocycles. The molecule has 1 aromatic carbocycles. The van der Waals surface area contributed by atoms with Crippen molar-refractivity contribution in [1.82, 2.24) is 14.7 Å². The van der Waals surface area contributed by atoms with E-state index in [0.717, 1.165) is 40.0 Å². The predicted octanol–water partition coefficient (Wildman–Crippen LogP) is 2.84. The smallest absolute Gasteiger partial charge is 0.266 e. The third-order valence-corrected chi connectivity index (χ3v) is 5.81. The van der Waals surface area contributed by atoms with Crippen LogP contribution in [0, 0.1) is 20.8 Å². The van der Waals surface area contributed by atoms with Gasteiger partial charge >= 0.3 is 0 Å². The molecule has 1 atom stereocenters. The molecule has 3 rings (SSSR count). The van der Waals surface area contributed by atoms with E-state index in [1.807, 2.05) is 54.2 Å². The molecular formula is C21H29N3O3. The molecule has 1 aliphatic rings. The van der Waals surface area contributed by atoms with E-state index in [1.54, 1.807) is 9.58 Å². The minimum absolute atomic E-state index is 0.0141. The maximum atomic E-state index is 13.1. The van der Waals surface area contributed by atoms with E-state index in [2.05, 4.69) is 5.10 Å². The Morgan fingerprint density at radius 1 is 1.33 bits per heavy atom. The van der Waals surface area contributed by atoms with Gasteiger partial charge in [-0.1, -0.05) is 0 Å². The zero-order chi connectivity index (χ0) is 19.9. The molecule has 1 aliphatic heterocycles. The van der Waals surface area contributed by atoms with Gasteiger partial charge in [0.1, 0.15) is 11.5 Å². The van der Waals surface area contributed by atoms with E-state index in [-0.39, 0.29) is 5.91 Å². The fraction of sp³-hybridized carbons (Fsp3) is 0.524. The van der Waals surface area contributed by atoms with Crippen LogP contribution in [0.15, 0.2) is 12.4 Å². The SMILES string of the molecule is Cc1c(C)c2c(c(C)c1O)CCC(C)(C(=O)N(C)CCc1cnn(C)c1)O2. The second-order valence-electron chi connectivity index (χ2n) is 7.86. The molecule has 1 amide bonds. The number of aryl methyl sites for hydroxylation is 1. The highest BCUT2D eigenvalue weighted by atomic mass is 16.5. The van der Waals surface area contributed by atoms with Crippen molar-refractivity contribution in [2.75, 3.05) is 13.6 Å². The van der Waals surface area contributed by atoms with Crippen molar-refractivity contribution in [2.24, 2.45) is 7.05 Å². The van der Waals surface area contributed by atoms with Crippen molar-refractivity contribution in [3.8, 4) is 11.5 Å². The molecule has 0 saturated carbocycles. The molecule has 1 unspecified atom stereocenters. The molecule has 6 heteroatoms. The van der Waals surface area contributed by atoms with Crippen LogP contribution in [0.1, 0.15) is 41.2 Å². The van der Waals surface area contributed by atoms with Gasteiger partial charge in [-0.15, -0.1) is 0 Å². The summed E-state index contributed by atoms with van der Waals surface area (Å²) in [6, 6.07) is 0. The Balaban J connectivity index is 1.78. The molecule has 0 radical (unpaired) electrons. The van der Waals surface area contributed by atoms with Gasteiger partial charge in [-0.2, -0.15) is 5.10 Å². The summed E-state index contributed by atoms with van der Waals surface area (Å²) in [5, 5.41) is 14.5. The molecule has 0 fully saturated rings. The third-order valence-electron chi connectivity index (χ3n) is 5.81. The van der Waals surface area contributed by atoms with Crippen LogP contribution in [0.2, 0.25) is 0 Å². The Labute approximate surface area is 160 Å². The molecular weight excluding hydrogens is 342 g/mol. The Morgan fingerprint density at radius 3 is 2.67 bits per heavy atom. The summed E-state index contributed by atoms with van der Waals surface area (Å²) in [6.45, 7) is 8.22. The maximum Gasteiger partial charge on any atom is 0.266 e. The number of amides is 1. The monoisotopic (exact) mass is 371 g/mol. The number of benzene rings is 1. The zero-order valence-corrected chi connectivity index (χ0v) is 17.1. The van der Waals surface area contributed by atoms with Crippen molar-refractivity contribution in [1.29, 1.82) is 0 Å². The topological polar surface area (TPSA) is 67.6 Å². The summed E-state index contributed by atoms with van der Waals surface area (Å²) in [5.74, 6) is 1.07. The maximum absolute atomic E-state index is 13.1. The van der Waals surface area contributed by atoms with Gasteiger partial charge in [-0.05, 0) is 62.8 Å². The highest BCUT2D eigenvalue weighted by Crippen LogP contribution is 2.43. The minimum atomic E-state index is -0.892. The van der Waals surface area contributed by atoms with Crippen LogP contribution in [0.4, 0.5) is 0 Å². The molecule has 1 N–H and O–H groups in total. The van der Waals surface area contributed by atoms with Gasteiger partial charge in [0.25, 0.3) is 5.91 Å². The molecule has 6 nitrogen and oxygen atoms in total. The van der Waals surface area contributed by atoms with Crippen LogP contribution >= 0.6 is 0 Å². The first-order chi connectivity index (χ1) is 12.6. The lowest BCUT2D eigenvalue weighted by Crippen LogP contribution is -2.52. The minimum Gasteiger partial charge on any atom is -0.507 e. The van der Waals surface area contributed by atoms with Crippen LogP contribution in [0.5, 0.6) is 11.5 Å². The molecule has 27 heavy (non-hydrogen) atoms. The first-order valence-electron chi connectivity index (χ1n) is 9.37. The molecule has 0 aliphatic carbocycles. The van der Waals surface area contributed by atoms with Gasteiger partial charge < -0.3 is 14.7 Å². The summed E-state index contributed by atoms with van der Waals surface area (Å²) in [6.07, 6.45) is 5.87. The van der Waals surface area contributed by atoms with Crippen LogP contribution in [-0.2, 0) is 24.7 Å². The quantitative estimate of drug-likeness (QED) is 0.897. The van der Waals surface area contributed by atoms with Crippen molar-refractivity contribution in [2.45, 2.75) is 52.6 Å². The van der Waals surface area contributed by atoms with E-state index in [4.69, 9.17) is 4.74 Å². The predicted molar refractivity (Wildman–Crippen MR) is 104 cm³/mol. The second-order valence-corrected chi connectivity index (χ2v) is 7.86. The van der Waals surface area contributed by atoms with E-state index in [1.165, 1.54) is 0 Å².